The van der Waals surface area contributed by atoms with E-state index in [0.29, 0.717) is 12.5 Å². The van der Waals surface area contributed by atoms with Crippen molar-refractivity contribution in [1.29, 1.82) is 0 Å². The molecule has 1 aromatic rings. The van der Waals surface area contributed by atoms with E-state index in [-0.39, 0.29) is 5.92 Å². The molecule has 2 heterocycles. The monoisotopic (exact) mass is 325 g/mol. The van der Waals surface area contributed by atoms with E-state index in [2.05, 4.69) is 9.98 Å². The Morgan fingerprint density at radius 1 is 1.32 bits per heavy atom. The molecule has 0 spiro atoms. The number of fused-ring (bicyclic) bond motifs is 1. The number of rotatable bonds is 1. The molecule has 8 heteroatoms. The summed E-state index contributed by atoms with van der Waals surface area (Å²) in [6, 6.07) is 2.30. The van der Waals surface area contributed by atoms with E-state index in [4.69, 9.17) is 0 Å². The van der Waals surface area contributed by atoms with Gasteiger partial charge in [0.15, 0.2) is 0 Å². The van der Waals surface area contributed by atoms with Gasteiger partial charge in [0.25, 0.3) is 0 Å². The van der Waals surface area contributed by atoms with E-state index in [1.54, 1.807) is 11.9 Å². The molecule has 2 aliphatic rings. The van der Waals surface area contributed by atoms with Crippen LogP contribution in [0.2, 0.25) is 0 Å². The number of sulfone groups is 1. The van der Waals surface area contributed by atoms with Gasteiger partial charge in [0, 0.05) is 25.2 Å². The number of nitrogens with zero attached hydrogens (tertiary/aromatic N) is 3. The Morgan fingerprint density at radius 3 is 2.82 bits per heavy atom. The molecule has 1 aromatic carbocycles. The molecule has 0 bridgehead atoms. The number of aliphatic imine (C=N–C) groups is 2. The number of benzene rings is 1. The average molecular weight is 325 g/mol. The molecule has 0 saturated heterocycles. The maximum atomic E-state index is 13.8. The van der Waals surface area contributed by atoms with Crippen molar-refractivity contribution in [2.24, 2.45) is 15.9 Å². The minimum Gasteiger partial charge on any atom is -0.359 e. The summed E-state index contributed by atoms with van der Waals surface area (Å²) in [5.74, 6) is -2.02. The minimum atomic E-state index is -4.22. The van der Waals surface area contributed by atoms with Crippen molar-refractivity contribution in [2.75, 3.05) is 7.05 Å². The summed E-state index contributed by atoms with van der Waals surface area (Å²) in [5, 5.41) is -0.457. The second-order valence-corrected chi connectivity index (χ2v) is 6.94. The molecule has 2 unspecified atom stereocenters. The predicted molar refractivity (Wildman–Crippen MR) is 78.3 cm³/mol. The van der Waals surface area contributed by atoms with Crippen LogP contribution in [0.25, 0.3) is 0 Å². The largest absolute Gasteiger partial charge is 0.359 e. The normalized spacial score (nSPS) is 24.1. The molecule has 0 amide bonds. The predicted octanol–water partition coefficient (Wildman–Crippen LogP) is 1.97. The average Bonchev–Trinajstić information content (AvgIpc) is 2.47. The Labute approximate surface area is 126 Å². The SMILES string of the molecule is CN1C=CCC2C=NC(S(=O)(=O)c3ccc(F)cc3F)=NC21. The smallest absolute Gasteiger partial charge is 0.249 e. The first-order chi connectivity index (χ1) is 10.4. The molecule has 0 radical (unpaired) electrons. The third-order valence-corrected chi connectivity index (χ3v) is 5.19. The zero-order valence-corrected chi connectivity index (χ0v) is 12.5. The molecule has 2 atom stereocenters. The van der Waals surface area contributed by atoms with Crippen LogP contribution in [0.1, 0.15) is 6.42 Å². The first-order valence-electron chi connectivity index (χ1n) is 6.60. The van der Waals surface area contributed by atoms with Gasteiger partial charge in [-0.25, -0.2) is 27.2 Å². The number of amidine groups is 1. The number of hydrogen-bond acceptors (Lipinski definition) is 5. The number of hydrogen-bond donors (Lipinski definition) is 0. The van der Waals surface area contributed by atoms with Crippen molar-refractivity contribution in [2.45, 2.75) is 17.5 Å². The third kappa shape index (κ3) is 2.43. The maximum absolute atomic E-state index is 13.8. The van der Waals surface area contributed by atoms with Crippen molar-refractivity contribution in [3.8, 4) is 0 Å². The first kappa shape index (κ1) is 14.8. The lowest BCUT2D eigenvalue weighted by Gasteiger charge is -2.33. The van der Waals surface area contributed by atoms with Crippen molar-refractivity contribution in [1.82, 2.24) is 4.90 Å². The highest BCUT2D eigenvalue weighted by Gasteiger charge is 2.33. The Morgan fingerprint density at radius 2 is 2.09 bits per heavy atom. The fourth-order valence-corrected chi connectivity index (χ4v) is 3.66. The molecule has 3 rings (SSSR count). The number of halogens is 2. The second kappa shape index (κ2) is 5.28. The van der Waals surface area contributed by atoms with Crippen molar-refractivity contribution < 1.29 is 17.2 Å². The van der Waals surface area contributed by atoms with Crippen LogP contribution < -0.4 is 0 Å². The Kier molecular flexibility index (Phi) is 3.56. The van der Waals surface area contributed by atoms with Crippen LogP contribution in [0.4, 0.5) is 8.78 Å². The summed E-state index contributed by atoms with van der Waals surface area (Å²) in [5.41, 5.74) is 0. The summed E-state index contributed by atoms with van der Waals surface area (Å²) in [6.07, 6.45) is 5.59. The molecule has 0 fully saturated rings. The molecule has 0 aromatic heterocycles. The highest BCUT2D eigenvalue weighted by Crippen LogP contribution is 2.26. The fourth-order valence-electron chi connectivity index (χ4n) is 2.46. The minimum absolute atomic E-state index is 0.0213. The van der Waals surface area contributed by atoms with Gasteiger partial charge < -0.3 is 4.90 Å². The van der Waals surface area contributed by atoms with Gasteiger partial charge in [-0.2, -0.15) is 0 Å². The van der Waals surface area contributed by atoms with E-state index in [0.717, 1.165) is 12.1 Å². The van der Waals surface area contributed by atoms with Crippen molar-refractivity contribution >= 4 is 21.2 Å². The van der Waals surface area contributed by atoms with Gasteiger partial charge in [0.2, 0.25) is 15.0 Å². The molecule has 0 saturated carbocycles. The van der Waals surface area contributed by atoms with Gasteiger partial charge in [-0.05, 0) is 24.8 Å². The van der Waals surface area contributed by atoms with Gasteiger partial charge in [-0.3, -0.25) is 0 Å². The van der Waals surface area contributed by atoms with Crippen molar-refractivity contribution in [3.63, 3.8) is 0 Å². The zero-order chi connectivity index (χ0) is 15.9. The summed E-state index contributed by atoms with van der Waals surface area (Å²) >= 11 is 0. The topological polar surface area (TPSA) is 62.1 Å². The van der Waals surface area contributed by atoms with E-state index in [9.17, 15) is 17.2 Å². The molecule has 5 nitrogen and oxygen atoms in total. The summed E-state index contributed by atoms with van der Waals surface area (Å²) in [7, 11) is -2.45. The van der Waals surface area contributed by atoms with Crippen LogP contribution in [-0.2, 0) is 9.84 Å². The fraction of sp³-hybridized carbons (Fsp3) is 0.286. The van der Waals surface area contributed by atoms with Gasteiger partial charge in [0.05, 0.1) is 0 Å². The van der Waals surface area contributed by atoms with Gasteiger partial charge >= 0.3 is 0 Å². The molecule has 0 N–H and O–H groups in total. The lowest BCUT2D eigenvalue weighted by Crippen LogP contribution is -2.40. The quantitative estimate of drug-likeness (QED) is 0.742. The van der Waals surface area contributed by atoms with E-state index in [1.807, 2.05) is 12.3 Å². The first-order valence-corrected chi connectivity index (χ1v) is 8.08. The summed E-state index contributed by atoms with van der Waals surface area (Å²) < 4.78 is 51.6. The van der Waals surface area contributed by atoms with Crippen LogP contribution >= 0.6 is 0 Å². The zero-order valence-electron chi connectivity index (χ0n) is 11.6. The Balaban J connectivity index is 2.03. The van der Waals surface area contributed by atoms with Crippen LogP contribution in [0.15, 0.2) is 45.4 Å². The molecule has 116 valence electrons. The van der Waals surface area contributed by atoms with E-state index >= 15 is 0 Å². The highest BCUT2D eigenvalue weighted by molar-refractivity contribution is 8.06. The molecule has 2 aliphatic heterocycles. The highest BCUT2D eigenvalue weighted by atomic mass is 32.2. The molecular weight excluding hydrogens is 312 g/mol. The second-order valence-electron chi connectivity index (χ2n) is 5.13. The van der Waals surface area contributed by atoms with Crippen LogP contribution in [0.3, 0.4) is 0 Å². The van der Waals surface area contributed by atoms with Crippen LogP contribution in [0.5, 0.6) is 0 Å². The van der Waals surface area contributed by atoms with Crippen molar-refractivity contribution in [3.05, 3.63) is 42.1 Å². The van der Waals surface area contributed by atoms with Gasteiger partial charge in [-0.15, -0.1) is 0 Å². The Bertz CT molecular complexity index is 802. The third-order valence-electron chi connectivity index (χ3n) is 3.59. The van der Waals surface area contributed by atoms with Gasteiger partial charge in [-0.1, -0.05) is 6.08 Å². The Hall–Kier alpha value is -2.09. The summed E-state index contributed by atoms with van der Waals surface area (Å²) in [4.78, 5) is 9.16. The molecule has 22 heavy (non-hydrogen) atoms. The molecular formula is C14H13F2N3O2S. The van der Waals surface area contributed by atoms with Crippen LogP contribution in [-0.4, -0.2) is 37.9 Å². The lowest BCUT2D eigenvalue weighted by molar-refractivity contribution is 0.271. The number of allylic oxidation sites excluding steroid dienone is 1. The summed E-state index contributed by atoms with van der Waals surface area (Å²) in [6.45, 7) is 0. The van der Waals surface area contributed by atoms with E-state index in [1.165, 1.54) is 6.21 Å². The standard InChI is InChI=1S/C14H13F2N3O2S/c1-19-6-2-3-9-8-17-14(18-13(9)19)22(20,21)12-5-4-10(15)7-11(12)16/h2,4-9,13H,3H2,1H3. The lowest BCUT2D eigenvalue weighted by atomic mass is 9.99. The van der Waals surface area contributed by atoms with Gasteiger partial charge in [0.1, 0.15) is 22.7 Å². The van der Waals surface area contributed by atoms with E-state index < -0.39 is 37.7 Å². The molecule has 0 aliphatic carbocycles. The van der Waals surface area contributed by atoms with Crippen LogP contribution in [0, 0.1) is 17.6 Å². The maximum Gasteiger partial charge on any atom is 0.249 e.